The van der Waals surface area contributed by atoms with Crippen LogP contribution in [0.3, 0.4) is 0 Å². The Labute approximate surface area is 185 Å². The maximum Gasteiger partial charge on any atom is 0.241 e. The second-order valence-corrected chi connectivity index (χ2v) is 7.45. The monoisotopic (exact) mass is 422 g/mol. The van der Waals surface area contributed by atoms with Gasteiger partial charge in [0.15, 0.2) is 0 Å². The molecule has 0 unspecified atom stereocenters. The quantitative estimate of drug-likeness (QED) is 0.410. The van der Waals surface area contributed by atoms with Gasteiger partial charge in [-0.15, -0.1) is 5.10 Å². The molecule has 2 aromatic carbocycles. The van der Waals surface area contributed by atoms with E-state index >= 15 is 0 Å². The maximum atomic E-state index is 9.26. The zero-order valence-electron chi connectivity index (χ0n) is 17.4. The van der Waals surface area contributed by atoms with Crippen molar-refractivity contribution in [2.24, 2.45) is 0 Å². The molecule has 0 aliphatic heterocycles. The molecule has 32 heavy (non-hydrogen) atoms. The molecule has 0 fully saturated rings. The largest absolute Gasteiger partial charge is 0.471 e. The molecular formula is C26H22N4O2. The highest BCUT2D eigenvalue weighted by molar-refractivity contribution is 5.81. The van der Waals surface area contributed by atoms with Crippen LogP contribution in [0.15, 0.2) is 91.4 Å². The van der Waals surface area contributed by atoms with Crippen molar-refractivity contribution >= 4 is 10.9 Å². The Bertz CT molecular complexity index is 1330. The molecule has 0 saturated carbocycles. The van der Waals surface area contributed by atoms with E-state index in [4.69, 9.17) is 9.72 Å². The number of aliphatic hydroxyl groups excluding tert-OH is 1. The fraction of sp³-hybridized carbons (Fsp3) is 0.115. The molecule has 3 aromatic heterocycles. The number of fused-ring (bicyclic) bond motifs is 1. The topological polar surface area (TPSA) is 73.1 Å². The number of rotatable bonds is 7. The van der Waals surface area contributed by atoms with Crippen LogP contribution < -0.4 is 4.74 Å². The number of hydrogen-bond donors (Lipinski definition) is 1. The Kier molecular flexibility index (Phi) is 5.59. The number of benzene rings is 2. The lowest BCUT2D eigenvalue weighted by Gasteiger charge is -2.08. The van der Waals surface area contributed by atoms with Crippen molar-refractivity contribution < 1.29 is 9.84 Å². The van der Waals surface area contributed by atoms with Crippen LogP contribution in [-0.2, 0) is 13.2 Å². The van der Waals surface area contributed by atoms with E-state index in [9.17, 15) is 5.11 Å². The molecule has 0 amide bonds. The lowest BCUT2D eigenvalue weighted by Crippen LogP contribution is -2.03. The third-order valence-corrected chi connectivity index (χ3v) is 5.27. The van der Waals surface area contributed by atoms with Gasteiger partial charge in [0.1, 0.15) is 6.61 Å². The number of hydrogen-bond acceptors (Lipinski definition) is 5. The molecule has 1 N–H and O–H groups in total. The van der Waals surface area contributed by atoms with E-state index in [1.807, 2.05) is 54.7 Å². The Morgan fingerprint density at radius 1 is 0.844 bits per heavy atom. The number of ether oxygens (including phenoxy) is 1. The minimum Gasteiger partial charge on any atom is -0.471 e. The highest BCUT2D eigenvalue weighted by atomic mass is 16.5. The summed E-state index contributed by atoms with van der Waals surface area (Å²) >= 11 is 0. The van der Waals surface area contributed by atoms with Crippen LogP contribution in [0.1, 0.15) is 5.56 Å². The first-order chi connectivity index (χ1) is 15.8. The van der Waals surface area contributed by atoms with Crippen molar-refractivity contribution in [1.82, 2.24) is 19.7 Å². The molecule has 0 aliphatic rings. The number of aliphatic hydroxyl groups is 1. The predicted octanol–water partition coefficient (Wildman–Crippen LogP) is 4.73. The minimum atomic E-state index is 0.0151. The van der Waals surface area contributed by atoms with Crippen LogP contribution in [0.5, 0.6) is 5.88 Å². The van der Waals surface area contributed by atoms with Gasteiger partial charge in [-0.05, 0) is 35.4 Å². The van der Waals surface area contributed by atoms with Crippen LogP contribution in [0, 0.1) is 0 Å². The van der Waals surface area contributed by atoms with Gasteiger partial charge in [0.2, 0.25) is 5.88 Å². The predicted molar refractivity (Wildman–Crippen MR) is 124 cm³/mol. The fourth-order valence-electron chi connectivity index (χ4n) is 3.61. The van der Waals surface area contributed by atoms with E-state index in [0.717, 1.165) is 38.9 Å². The molecule has 5 aromatic rings. The minimum absolute atomic E-state index is 0.0151. The van der Waals surface area contributed by atoms with Crippen LogP contribution in [0.2, 0.25) is 0 Å². The van der Waals surface area contributed by atoms with E-state index in [1.54, 1.807) is 17.1 Å². The van der Waals surface area contributed by atoms with E-state index in [2.05, 4.69) is 34.3 Å². The van der Waals surface area contributed by atoms with Gasteiger partial charge in [-0.2, -0.15) is 0 Å². The SMILES string of the molecule is OCCn1cc(-c2ccncc2)c(OCc2ccc(-c3ccc4ccccc4n3)cc2)n1. The number of aromatic nitrogens is 4. The smallest absolute Gasteiger partial charge is 0.241 e. The summed E-state index contributed by atoms with van der Waals surface area (Å²) in [5.74, 6) is 0.532. The zero-order chi connectivity index (χ0) is 21.8. The summed E-state index contributed by atoms with van der Waals surface area (Å²) in [5.41, 5.74) is 5.87. The van der Waals surface area contributed by atoms with Crippen molar-refractivity contribution in [3.05, 3.63) is 97.0 Å². The molecule has 0 bridgehead atoms. The van der Waals surface area contributed by atoms with Crippen LogP contribution >= 0.6 is 0 Å². The average molecular weight is 422 g/mol. The normalized spacial score (nSPS) is 11.0. The molecule has 5 rings (SSSR count). The maximum absolute atomic E-state index is 9.26. The average Bonchev–Trinajstić information content (AvgIpc) is 3.26. The number of pyridine rings is 2. The second-order valence-electron chi connectivity index (χ2n) is 7.45. The lowest BCUT2D eigenvalue weighted by atomic mass is 10.1. The summed E-state index contributed by atoms with van der Waals surface area (Å²) in [5, 5.41) is 14.9. The molecule has 0 saturated heterocycles. The molecule has 0 spiro atoms. The Balaban J connectivity index is 1.34. The Morgan fingerprint density at radius 2 is 1.66 bits per heavy atom. The first-order valence-electron chi connectivity index (χ1n) is 10.5. The summed E-state index contributed by atoms with van der Waals surface area (Å²) in [4.78, 5) is 8.84. The van der Waals surface area contributed by atoms with E-state index < -0.39 is 0 Å². The highest BCUT2D eigenvalue weighted by Gasteiger charge is 2.13. The van der Waals surface area contributed by atoms with E-state index in [0.29, 0.717) is 19.0 Å². The third-order valence-electron chi connectivity index (χ3n) is 5.27. The molecular weight excluding hydrogens is 400 g/mol. The zero-order valence-corrected chi connectivity index (χ0v) is 17.4. The van der Waals surface area contributed by atoms with Gasteiger partial charge in [-0.25, -0.2) is 4.98 Å². The standard InChI is InChI=1S/C26H22N4O2/c31-16-15-30-17-23(20-11-13-27-14-12-20)26(29-30)32-18-19-5-7-22(8-6-19)25-10-9-21-3-1-2-4-24(21)28-25/h1-14,17,31H,15-16,18H2. The summed E-state index contributed by atoms with van der Waals surface area (Å²) in [6, 6.07) is 24.3. The second kappa shape index (κ2) is 8.99. The Hall–Kier alpha value is -4.03. The number of nitrogens with zero attached hydrogens (tertiary/aromatic N) is 4. The molecule has 3 heterocycles. The molecule has 6 heteroatoms. The summed E-state index contributed by atoms with van der Waals surface area (Å²) in [6.45, 7) is 0.815. The molecule has 158 valence electrons. The van der Waals surface area contributed by atoms with Crippen molar-refractivity contribution in [3.63, 3.8) is 0 Å². The van der Waals surface area contributed by atoms with Crippen LogP contribution in [0.4, 0.5) is 0 Å². The van der Waals surface area contributed by atoms with Gasteiger partial charge in [-0.3, -0.25) is 9.67 Å². The summed E-state index contributed by atoms with van der Waals surface area (Å²) in [7, 11) is 0. The molecule has 0 atom stereocenters. The van der Waals surface area contributed by atoms with Crippen molar-refractivity contribution in [2.45, 2.75) is 13.2 Å². The Morgan fingerprint density at radius 3 is 2.47 bits per heavy atom. The number of para-hydroxylation sites is 1. The molecule has 0 aliphatic carbocycles. The van der Waals surface area contributed by atoms with Gasteiger partial charge >= 0.3 is 0 Å². The van der Waals surface area contributed by atoms with Crippen LogP contribution in [-0.4, -0.2) is 31.5 Å². The van der Waals surface area contributed by atoms with Crippen molar-refractivity contribution in [2.75, 3.05) is 6.61 Å². The van der Waals surface area contributed by atoms with Gasteiger partial charge < -0.3 is 9.84 Å². The van der Waals surface area contributed by atoms with Gasteiger partial charge in [0.25, 0.3) is 0 Å². The van der Waals surface area contributed by atoms with E-state index in [1.165, 1.54) is 0 Å². The van der Waals surface area contributed by atoms with Crippen LogP contribution in [0.25, 0.3) is 33.3 Å². The fourth-order valence-corrected chi connectivity index (χ4v) is 3.61. The summed E-state index contributed by atoms with van der Waals surface area (Å²) < 4.78 is 7.75. The lowest BCUT2D eigenvalue weighted by molar-refractivity contribution is 0.260. The van der Waals surface area contributed by atoms with Gasteiger partial charge in [0.05, 0.1) is 29.9 Å². The van der Waals surface area contributed by atoms with Gasteiger partial charge in [-0.1, -0.05) is 48.5 Å². The third kappa shape index (κ3) is 4.22. The molecule has 6 nitrogen and oxygen atoms in total. The van der Waals surface area contributed by atoms with Crippen molar-refractivity contribution in [1.29, 1.82) is 0 Å². The van der Waals surface area contributed by atoms with Crippen molar-refractivity contribution in [3.8, 4) is 28.3 Å². The first kappa shape index (κ1) is 19.9. The summed E-state index contributed by atoms with van der Waals surface area (Å²) in [6.07, 6.45) is 5.36. The first-order valence-corrected chi connectivity index (χ1v) is 10.5. The van der Waals surface area contributed by atoms with Gasteiger partial charge in [0, 0.05) is 29.5 Å². The molecule has 0 radical (unpaired) electrons. The highest BCUT2D eigenvalue weighted by Crippen LogP contribution is 2.29. The van der Waals surface area contributed by atoms with E-state index in [-0.39, 0.29) is 6.61 Å².